The van der Waals surface area contributed by atoms with Crippen molar-refractivity contribution < 1.29 is 0 Å². The van der Waals surface area contributed by atoms with Crippen LogP contribution in [0.25, 0.3) is 11.4 Å². The molecule has 3 heterocycles. The van der Waals surface area contributed by atoms with Crippen LogP contribution < -0.4 is 5.56 Å². The van der Waals surface area contributed by atoms with Gasteiger partial charge in [0.25, 0.3) is 5.56 Å². The number of aromatic nitrogens is 4. The van der Waals surface area contributed by atoms with E-state index in [1.165, 1.54) is 5.56 Å². The average Bonchev–Trinajstić information content (AvgIpc) is 2.84. The number of hydrogen-bond acceptors (Lipinski definition) is 4. The highest BCUT2D eigenvalue weighted by atomic mass is 32.1. The van der Waals surface area contributed by atoms with Gasteiger partial charge < -0.3 is 9.47 Å². The van der Waals surface area contributed by atoms with Crippen molar-refractivity contribution in [2.24, 2.45) is 0 Å². The van der Waals surface area contributed by atoms with Gasteiger partial charge in [-0.05, 0) is 44.7 Å². The maximum Gasteiger partial charge on any atom is 0.262 e. The Morgan fingerprint density at radius 3 is 2.76 bits per heavy atom. The average molecular weight is 305 g/mol. The summed E-state index contributed by atoms with van der Waals surface area (Å²) >= 11 is 4.99. The Labute approximate surface area is 127 Å². The topological polar surface area (TPSA) is 69.7 Å². The number of aromatic amines is 2. The van der Waals surface area contributed by atoms with Gasteiger partial charge in [0, 0.05) is 31.2 Å². The van der Waals surface area contributed by atoms with Crippen LogP contribution >= 0.6 is 12.2 Å². The first-order valence-corrected chi connectivity index (χ1v) is 7.49. The van der Waals surface area contributed by atoms with E-state index in [-0.39, 0.29) is 11.6 Å². The van der Waals surface area contributed by atoms with Crippen molar-refractivity contribution >= 4 is 12.2 Å². The first-order chi connectivity index (χ1) is 9.97. The van der Waals surface area contributed by atoms with Gasteiger partial charge in [0.2, 0.25) is 4.77 Å². The first kappa shape index (κ1) is 14.2. The summed E-state index contributed by atoms with van der Waals surface area (Å²) in [6.07, 6.45) is 0.899. The number of nitrogens with one attached hydrogen (secondary N) is 2. The molecule has 1 aliphatic heterocycles. The third-order valence-corrected chi connectivity index (χ3v) is 4.07. The Balaban J connectivity index is 2.27. The Kier molecular flexibility index (Phi) is 3.54. The summed E-state index contributed by atoms with van der Waals surface area (Å²) in [5.74, 6) is 0.510. The second-order valence-corrected chi connectivity index (χ2v) is 6.19. The molecule has 2 N–H and O–H groups in total. The van der Waals surface area contributed by atoms with Crippen LogP contribution in [0.15, 0.2) is 10.9 Å². The van der Waals surface area contributed by atoms with E-state index in [1.54, 1.807) is 0 Å². The summed E-state index contributed by atoms with van der Waals surface area (Å²) in [6.45, 7) is 5.90. The van der Waals surface area contributed by atoms with Crippen LogP contribution in [0.2, 0.25) is 0 Å². The molecule has 112 valence electrons. The summed E-state index contributed by atoms with van der Waals surface area (Å²) in [5, 5.41) is 5.63. The van der Waals surface area contributed by atoms with E-state index in [0.29, 0.717) is 16.2 Å². The molecule has 0 fully saturated rings. The number of pyridine rings is 1. The maximum atomic E-state index is 12.8. The summed E-state index contributed by atoms with van der Waals surface area (Å²) in [4.78, 5) is 19.3. The van der Waals surface area contributed by atoms with Crippen molar-refractivity contribution in [3.05, 3.63) is 32.4 Å². The highest BCUT2D eigenvalue weighted by Gasteiger charge is 2.22. The Bertz CT molecular complexity index is 785. The minimum Gasteiger partial charge on any atom is -0.309 e. The van der Waals surface area contributed by atoms with Gasteiger partial charge in [0.05, 0.1) is 5.56 Å². The predicted molar refractivity (Wildman–Crippen MR) is 83.9 cm³/mol. The quantitative estimate of drug-likeness (QED) is 0.831. The van der Waals surface area contributed by atoms with Crippen LogP contribution in [0.4, 0.5) is 0 Å². The highest BCUT2D eigenvalue weighted by Crippen LogP contribution is 2.23. The summed E-state index contributed by atoms with van der Waals surface area (Å²) in [7, 11) is 2.09. The van der Waals surface area contributed by atoms with Gasteiger partial charge in [0.1, 0.15) is 0 Å². The fourth-order valence-corrected chi connectivity index (χ4v) is 3.07. The lowest BCUT2D eigenvalue weighted by Gasteiger charge is -2.29. The molecule has 0 aromatic carbocycles. The smallest absolute Gasteiger partial charge is 0.262 e. The second-order valence-electron chi connectivity index (χ2n) is 5.80. The van der Waals surface area contributed by atoms with Crippen molar-refractivity contribution in [2.45, 2.75) is 32.9 Å². The van der Waals surface area contributed by atoms with Crippen molar-refractivity contribution in [1.29, 1.82) is 0 Å². The summed E-state index contributed by atoms with van der Waals surface area (Å²) in [6, 6.07) is 2.07. The van der Waals surface area contributed by atoms with E-state index < -0.39 is 0 Å². The van der Waals surface area contributed by atoms with E-state index in [9.17, 15) is 4.79 Å². The lowest BCUT2D eigenvalue weighted by molar-refractivity contribution is 0.302. The summed E-state index contributed by atoms with van der Waals surface area (Å²) < 4.78 is 2.25. The van der Waals surface area contributed by atoms with Crippen molar-refractivity contribution in [2.75, 3.05) is 13.6 Å². The predicted octanol–water partition coefficient (Wildman–Crippen LogP) is 1.86. The molecule has 0 bridgehead atoms. The normalized spacial score (nSPS) is 15.4. The molecule has 0 saturated heterocycles. The fraction of sp³-hybridized carbons (Fsp3) is 0.500. The van der Waals surface area contributed by atoms with E-state index in [0.717, 1.165) is 25.2 Å². The van der Waals surface area contributed by atoms with Crippen LogP contribution in [0.3, 0.4) is 0 Å². The highest BCUT2D eigenvalue weighted by molar-refractivity contribution is 7.71. The van der Waals surface area contributed by atoms with Gasteiger partial charge in [-0.25, -0.2) is 0 Å². The number of fused-ring (bicyclic) bond motifs is 1. The minimum absolute atomic E-state index is 0.00828. The Morgan fingerprint density at radius 2 is 2.14 bits per heavy atom. The Hall–Kier alpha value is -1.73. The molecule has 0 saturated carbocycles. The van der Waals surface area contributed by atoms with E-state index >= 15 is 0 Å². The number of rotatable bonds is 2. The van der Waals surface area contributed by atoms with E-state index in [4.69, 9.17) is 12.2 Å². The molecule has 0 aliphatic carbocycles. The first-order valence-electron chi connectivity index (χ1n) is 7.08. The molecule has 7 heteroatoms. The molecular formula is C14H19N5OS. The Morgan fingerprint density at radius 1 is 1.38 bits per heavy atom. The number of H-pyrrole nitrogens is 2. The van der Waals surface area contributed by atoms with Crippen LogP contribution in [0.5, 0.6) is 0 Å². The monoisotopic (exact) mass is 305 g/mol. The number of hydrogen-bond donors (Lipinski definition) is 2. The largest absolute Gasteiger partial charge is 0.309 e. The van der Waals surface area contributed by atoms with Crippen molar-refractivity contribution in [3.8, 4) is 11.4 Å². The zero-order valence-electron chi connectivity index (χ0n) is 12.4. The molecule has 0 spiro atoms. The molecule has 0 unspecified atom stereocenters. The van der Waals surface area contributed by atoms with Crippen LogP contribution in [0.1, 0.15) is 31.1 Å². The molecule has 21 heavy (non-hydrogen) atoms. The maximum absolute atomic E-state index is 12.8. The van der Waals surface area contributed by atoms with Crippen molar-refractivity contribution in [1.82, 2.24) is 24.6 Å². The molecule has 0 atom stereocenters. The minimum atomic E-state index is -0.00828. The van der Waals surface area contributed by atoms with E-state index in [1.807, 2.05) is 24.5 Å². The van der Waals surface area contributed by atoms with E-state index in [2.05, 4.69) is 27.1 Å². The van der Waals surface area contributed by atoms with Crippen LogP contribution in [-0.4, -0.2) is 38.2 Å². The van der Waals surface area contributed by atoms with Gasteiger partial charge in [-0.15, -0.1) is 0 Å². The van der Waals surface area contributed by atoms with Gasteiger partial charge >= 0.3 is 0 Å². The lowest BCUT2D eigenvalue weighted by Crippen LogP contribution is -2.35. The fourth-order valence-electron chi connectivity index (χ4n) is 2.92. The number of nitrogens with zero attached hydrogens (tertiary/aromatic N) is 3. The third kappa shape index (κ3) is 2.47. The molecule has 1 aliphatic rings. The molecule has 0 amide bonds. The van der Waals surface area contributed by atoms with Crippen LogP contribution in [0, 0.1) is 4.77 Å². The van der Waals surface area contributed by atoms with Gasteiger partial charge in [-0.1, -0.05) is 0 Å². The summed E-state index contributed by atoms with van der Waals surface area (Å²) in [5.41, 5.74) is 2.90. The van der Waals surface area contributed by atoms with Crippen molar-refractivity contribution in [3.63, 3.8) is 0 Å². The van der Waals surface area contributed by atoms with Gasteiger partial charge in [-0.3, -0.25) is 15.0 Å². The lowest BCUT2D eigenvalue weighted by atomic mass is 10.0. The second kappa shape index (κ2) is 5.23. The molecule has 6 nitrogen and oxygen atoms in total. The zero-order chi connectivity index (χ0) is 15.1. The SMILES string of the molecule is CC(C)n1c2c(cc(-c3nc(=S)[nH][nH]3)c1=O)CN(C)CC2. The molecule has 3 rings (SSSR count). The zero-order valence-corrected chi connectivity index (χ0v) is 13.3. The molecule has 2 aromatic heterocycles. The molecule has 0 radical (unpaired) electrons. The number of likely N-dealkylation sites (N-methyl/N-ethyl adjacent to an activating group) is 1. The van der Waals surface area contributed by atoms with Crippen LogP contribution in [-0.2, 0) is 13.0 Å². The van der Waals surface area contributed by atoms with Gasteiger partial charge in [0.15, 0.2) is 5.82 Å². The molecule has 2 aromatic rings. The van der Waals surface area contributed by atoms with Gasteiger partial charge in [-0.2, -0.15) is 4.98 Å². The molecular weight excluding hydrogens is 286 g/mol. The third-order valence-electron chi connectivity index (χ3n) is 3.87. The standard InChI is InChI=1S/C14H19N5OS/c1-8(2)19-11-4-5-18(3)7-9(11)6-10(13(19)20)12-15-14(21)17-16-12/h6,8H,4-5,7H2,1-3H3,(H2,15,16,17,21).